The van der Waals surface area contributed by atoms with Crippen LogP contribution in [0.5, 0.6) is 0 Å². The van der Waals surface area contributed by atoms with Crippen LogP contribution in [0.3, 0.4) is 0 Å². The molecule has 1 aliphatic heterocycles. The molecule has 0 atom stereocenters. The SMILES string of the molecule is CC1(C)CCN(C(=O)c2ccc(N)c(Br)c2)CC1. The average molecular weight is 311 g/mol. The zero-order chi connectivity index (χ0) is 13.3. The Morgan fingerprint density at radius 1 is 1.33 bits per heavy atom. The number of carbonyl (C=O) groups excluding carboxylic acids is 1. The maximum atomic E-state index is 12.3. The van der Waals surface area contributed by atoms with E-state index in [2.05, 4.69) is 29.8 Å². The van der Waals surface area contributed by atoms with Crippen LogP contribution in [0.2, 0.25) is 0 Å². The van der Waals surface area contributed by atoms with Gasteiger partial charge >= 0.3 is 0 Å². The molecule has 1 amide bonds. The van der Waals surface area contributed by atoms with E-state index in [0.717, 1.165) is 30.4 Å². The summed E-state index contributed by atoms with van der Waals surface area (Å²) in [5.41, 5.74) is 7.45. The van der Waals surface area contributed by atoms with Gasteiger partial charge in [0.05, 0.1) is 0 Å². The van der Waals surface area contributed by atoms with Crippen molar-refractivity contribution in [1.82, 2.24) is 4.90 Å². The first-order valence-electron chi connectivity index (χ1n) is 6.23. The molecule has 0 radical (unpaired) electrons. The molecular formula is C14H19BrN2O. The molecule has 2 N–H and O–H groups in total. The molecule has 0 bridgehead atoms. The number of amides is 1. The van der Waals surface area contributed by atoms with Crippen LogP contribution in [0.4, 0.5) is 5.69 Å². The number of hydrogen-bond donors (Lipinski definition) is 1. The first-order valence-corrected chi connectivity index (χ1v) is 7.03. The van der Waals surface area contributed by atoms with Gasteiger partial charge in [-0.05, 0) is 52.4 Å². The topological polar surface area (TPSA) is 46.3 Å². The lowest BCUT2D eigenvalue weighted by molar-refractivity contribution is 0.0630. The van der Waals surface area contributed by atoms with Crippen molar-refractivity contribution in [3.63, 3.8) is 0 Å². The predicted octanol–water partition coefficient (Wildman–Crippen LogP) is 3.29. The molecule has 0 unspecified atom stereocenters. The Morgan fingerprint density at radius 3 is 2.50 bits per heavy atom. The van der Waals surface area contributed by atoms with Crippen molar-refractivity contribution >= 4 is 27.5 Å². The third-order valence-corrected chi connectivity index (χ3v) is 4.34. The van der Waals surface area contributed by atoms with Crippen molar-refractivity contribution in [3.8, 4) is 0 Å². The number of nitrogens with two attached hydrogens (primary N) is 1. The zero-order valence-corrected chi connectivity index (χ0v) is 12.5. The summed E-state index contributed by atoms with van der Waals surface area (Å²) in [7, 11) is 0. The summed E-state index contributed by atoms with van der Waals surface area (Å²) in [4.78, 5) is 14.3. The molecule has 0 saturated carbocycles. The number of nitrogen functional groups attached to an aromatic ring is 1. The Morgan fingerprint density at radius 2 is 1.94 bits per heavy atom. The lowest BCUT2D eigenvalue weighted by Gasteiger charge is -2.37. The van der Waals surface area contributed by atoms with Crippen molar-refractivity contribution in [3.05, 3.63) is 28.2 Å². The maximum absolute atomic E-state index is 12.3. The van der Waals surface area contributed by atoms with Crippen molar-refractivity contribution in [2.24, 2.45) is 5.41 Å². The fraction of sp³-hybridized carbons (Fsp3) is 0.500. The molecule has 4 heteroatoms. The lowest BCUT2D eigenvalue weighted by atomic mass is 9.82. The van der Waals surface area contributed by atoms with Gasteiger partial charge in [-0.3, -0.25) is 4.79 Å². The third kappa shape index (κ3) is 2.86. The predicted molar refractivity (Wildman–Crippen MR) is 77.5 cm³/mol. The summed E-state index contributed by atoms with van der Waals surface area (Å²) in [6.45, 7) is 6.20. The fourth-order valence-electron chi connectivity index (χ4n) is 2.16. The molecule has 1 fully saturated rings. The molecule has 98 valence electrons. The Bertz CT molecular complexity index is 461. The van der Waals surface area contributed by atoms with E-state index in [-0.39, 0.29) is 5.91 Å². The van der Waals surface area contributed by atoms with Crippen molar-refractivity contribution in [2.45, 2.75) is 26.7 Å². The van der Waals surface area contributed by atoms with E-state index < -0.39 is 0 Å². The van der Waals surface area contributed by atoms with E-state index in [4.69, 9.17) is 5.73 Å². The number of likely N-dealkylation sites (tertiary alicyclic amines) is 1. The minimum atomic E-state index is 0.103. The van der Waals surface area contributed by atoms with E-state index in [9.17, 15) is 4.79 Å². The molecule has 1 heterocycles. The molecule has 1 saturated heterocycles. The van der Waals surface area contributed by atoms with Crippen LogP contribution in [0.15, 0.2) is 22.7 Å². The van der Waals surface area contributed by atoms with Crippen LogP contribution in [0, 0.1) is 5.41 Å². The monoisotopic (exact) mass is 310 g/mol. The van der Waals surface area contributed by atoms with Crippen molar-refractivity contribution in [2.75, 3.05) is 18.8 Å². The van der Waals surface area contributed by atoms with E-state index in [1.165, 1.54) is 0 Å². The largest absolute Gasteiger partial charge is 0.398 e. The minimum Gasteiger partial charge on any atom is -0.398 e. The molecule has 2 rings (SSSR count). The number of benzene rings is 1. The van der Waals surface area contributed by atoms with Gasteiger partial charge < -0.3 is 10.6 Å². The molecule has 18 heavy (non-hydrogen) atoms. The Hall–Kier alpha value is -1.03. The number of rotatable bonds is 1. The fourth-order valence-corrected chi connectivity index (χ4v) is 2.54. The van der Waals surface area contributed by atoms with Crippen LogP contribution in [-0.2, 0) is 0 Å². The van der Waals surface area contributed by atoms with Gasteiger partial charge in [0.2, 0.25) is 0 Å². The smallest absolute Gasteiger partial charge is 0.253 e. The zero-order valence-electron chi connectivity index (χ0n) is 10.9. The van der Waals surface area contributed by atoms with Crippen LogP contribution >= 0.6 is 15.9 Å². The van der Waals surface area contributed by atoms with Crippen LogP contribution in [0.25, 0.3) is 0 Å². The highest BCUT2D eigenvalue weighted by Gasteiger charge is 2.28. The number of carbonyl (C=O) groups is 1. The van der Waals surface area contributed by atoms with Gasteiger partial charge in [0.25, 0.3) is 5.91 Å². The first kappa shape index (κ1) is 13.4. The number of halogens is 1. The lowest BCUT2D eigenvalue weighted by Crippen LogP contribution is -2.41. The van der Waals surface area contributed by atoms with Gasteiger partial charge in [-0.1, -0.05) is 13.8 Å². The summed E-state index contributed by atoms with van der Waals surface area (Å²) in [6.07, 6.45) is 2.13. The van der Waals surface area contributed by atoms with Crippen LogP contribution < -0.4 is 5.73 Å². The Balaban J connectivity index is 2.10. The number of piperidine rings is 1. The number of hydrogen-bond acceptors (Lipinski definition) is 2. The van der Waals surface area contributed by atoms with E-state index in [1.807, 2.05) is 4.90 Å². The normalized spacial score (nSPS) is 18.7. The number of anilines is 1. The van der Waals surface area contributed by atoms with Crippen LogP contribution in [-0.4, -0.2) is 23.9 Å². The number of nitrogens with zero attached hydrogens (tertiary/aromatic N) is 1. The average Bonchev–Trinajstić information content (AvgIpc) is 2.32. The summed E-state index contributed by atoms with van der Waals surface area (Å²) < 4.78 is 0.783. The van der Waals surface area contributed by atoms with Crippen LogP contribution in [0.1, 0.15) is 37.0 Å². The molecule has 3 nitrogen and oxygen atoms in total. The Labute approximate surface area is 116 Å². The molecule has 0 spiro atoms. The molecule has 1 aromatic rings. The maximum Gasteiger partial charge on any atom is 0.253 e. The summed E-state index contributed by atoms with van der Waals surface area (Å²) >= 11 is 3.36. The summed E-state index contributed by atoms with van der Waals surface area (Å²) in [5.74, 6) is 0.103. The highest BCUT2D eigenvalue weighted by molar-refractivity contribution is 9.10. The van der Waals surface area contributed by atoms with Gasteiger partial charge in [0.1, 0.15) is 0 Å². The molecular weight excluding hydrogens is 292 g/mol. The van der Waals surface area contributed by atoms with Gasteiger partial charge in [-0.25, -0.2) is 0 Å². The highest BCUT2D eigenvalue weighted by atomic mass is 79.9. The Kier molecular flexibility index (Phi) is 3.66. The van der Waals surface area contributed by atoms with Crippen molar-refractivity contribution in [1.29, 1.82) is 0 Å². The summed E-state index contributed by atoms with van der Waals surface area (Å²) in [6, 6.07) is 5.37. The van der Waals surface area contributed by atoms with Gasteiger partial charge in [0.15, 0.2) is 0 Å². The quantitative estimate of drug-likeness (QED) is 0.809. The molecule has 1 aliphatic rings. The van der Waals surface area contributed by atoms with Crippen molar-refractivity contribution < 1.29 is 4.79 Å². The minimum absolute atomic E-state index is 0.103. The van der Waals surface area contributed by atoms with Gasteiger partial charge in [-0.2, -0.15) is 0 Å². The molecule has 1 aromatic carbocycles. The van der Waals surface area contributed by atoms with Gasteiger partial charge in [0, 0.05) is 28.8 Å². The van der Waals surface area contributed by atoms with E-state index in [1.54, 1.807) is 18.2 Å². The molecule has 0 aromatic heterocycles. The van der Waals surface area contributed by atoms with E-state index in [0.29, 0.717) is 16.7 Å². The van der Waals surface area contributed by atoms with E-state index >= 15 is 0 Å². The standard InChI is InChI=1S/C14H19BrN2O/c1-14(2)5-7-17(8-6-14)13(18)10-3-4-12(16)11(15)9-10/h3-4,9H,5-8,16H2,1-2H3. The first-order chi connectivity index (χ1) is 8.39. The second-order valence-corrected chi connectivity index (χ2v) is 6.55. The molecule has 0 aliphatic carbocycles. The second kappa shape index (κ2) is 4.92. The third-order valence-electron chi connectivity index (χ3n) is 3.65. The highest BCUT2D eigenvalue weighted by Crippen LogP contribution is 2.30. The summed E-state index contributed by atoms with van der Waals surface area (Å²) in [5, 5.41) is 0. The second-order valence-electron chi connectivity index (χ2n) is 5.69. The van der Waals surface area contributed by atoms with Gasteiger partial charge in [-0.15, -0.1) is 0 Å².